The van der Waals surface area contributed by atoms with Crippen molar-refractivity contribution in [3.63, 3.8) is 0 Å². The highest BCUT2D eigenvalue weighted by atomic mass is 32.1. The van der Waals surface area contributed by atoms with Crippen LogP contribution in [-0.4, -0.2) is 16.8 Å². The third-order valence-corrected chi connectivity index (χ3v) is 4.54. The maximum Gasteiger partial charge on any atom is 0.233 e. The van der Waals surface area contributed by atoms with Gasteiger partial charge in [-0.15, -0.1) is 11.3 Å². The molecule has 2 aromatic rings. The Hall–Kier alpha value is -2.48. The number of primary amides is 1. The van der Waals surface area contributed by atoms with Crippen LogP contribution in [0.4, 0.5) is 20.9 Å². The zero-order valence-corrected chi connectivity index (χ0v) is 14.8. The second kappa shape index (κ2) is 8.57. The summed E-state index contributed by atoms with van der Waals surface area (Å²) in [5.74, 6) is -1.04. The molecule has 0 saturated carbocycles. The number of amides is 2. The van der Waals surface area contributed by atoms with Crippen molar-refractivity contribution in [2.75, 3.05) is 10.6 Å². The van der Waals surface area contributed by atoms with Crippen molar-refractivity contribution in [2.24, 2.45) is 5.73 Å². The van der Waals surface area contributed by atoms with E-state index in [1.54, 1.807) is 0 Å². The molecule has 8 heteroatoms. The van der Waals surface area contributed by atoms with Crippen LogP contribution in [0.2, 0.25) is 0 Å². The summed E-state index contributed by atoms with van der Waals surface area (Å²) in [7, 11) is 0. The topological polar surface area (TPSA) is 102 Å². The van der Waals surface area contributed by atoms with Crippen LogP contribution in [0.1, 0.15) is 37.8 Å². The van der Waals surface area contributed by atoms with Crippen LogP contribution in [0, 0.1) is 12.7 Å². The van der Waals surface area contributed by atoms with Gasteiger partial charge in [-0.05, 0) is 31.9 Å². The first kappa shape index (κ1) is 18.9. The molecule has 0 bridgehead atoms. The highest BCUT2D eigenvalue weighted by Crippen LogP contribution is 2.34. The summed E-state index contributed by atoms with van der Waals surface area (Å²) in [5.41, 5.74) is 12.4. The molecule has 1 aromatic carbocycles. The number of carbonyl (C=O) groups is 2. The number of aryl methyl sites for hydroxylation is 1. The van der Waals surface area contributed by atoms with Crippen LogP contribution in [0.25, 0.3) is 0 Å². The van der Waals surface area contributed by atoms with Gasteiger partial charge in [0.05, 0.1) is 17.1 Å². The molecular formula is C17H21FN4O2S. The van der Waals surface area contributed by atoms with Gasteiger partial charge in [-0.3, -0.25) is 14.5 Å². The summed E-state index contributed by atoms with van der Waals surface area (Å²) >= 11 is 1.30. The fourth-order valence-corrected chi connectivity index (χ4v) is 3.19. The number of halogens is 1. The Morgan fingerprint density at radius 1 is 1.24 bits per heavy atom. The SMILES string of the molecule is Cc1csc(N(C(=O)CCCCCC(N)=O)c2cc(F)ccc2N)n1. The standard InChI is InChI=1S/C17H21FN4O2S/c1-11-10-25-17(21-11)22(14-9-12(18)7-8-13(14)19)16(24)6-4-2-3-5-15(20)23/h7-10H,2-6,19H2,1H3,(H2,20,23). The first-order chi connectivity index (χ1) is 11.9. The number of benzene rings is 1. The molecule has 2 amide bonds. The molecule has 0 saturated heterocycles. The van der Waals surface area contributed by atoms with Crippen molar-refractivity contribution in [3.8, 4) is 0 Å². The number of nitrogens with zero attached hydrogens (tertiary/aromatic N) is 2. The molecule has 25 heavy (non-hydrogen) atoms. The van der Waals surface area contributed by atoms with Gasteiger partial charge in [0, 0.05) is 24.3 Å². The summed E-state index contributed by atoms with van der Waals surface area (Å²) in [5, 5.41) is 2.27. The van der Waals surface area contributed by atoms with E-state index in [4.69, 9.17) is 11.5 Å². The summed E-state index contributed by atoms with van der Waals surface area (Å²) in [4.78, 5) is 29.2. The number of nitrogens with two attached hydrogens (primary N) is 2. The number of aromatic nitrogens is 1. The first-order valence-electron chi connectivity index (χ1n) is 7.97. The van der Waals surface area contributed by atoms with E-state index in [0.29, 0.717) is 36.5 Å². The van der Waals surface area contributed by atoms with E-state index in [2.05, 4.69) is 4.98 Å². The molecule has 0 aliphatic heterocycles. The molecular weight excluding hydrogens is 343 g/mol. The highest BCUT2D eigenvalue weighted by Gasteiger charge is 2.23. The molecule has 0 atom stereocenters. The van der Waals surface area contributed by atoms with Crippen LogP contribution in [0.3, 0.4) is 0 Å². The van der Waals surface area contributed by atoms with E-state index in [-0.39, 0.29) is 23.9 Å². The Balaban J connectivity index is 2.16. The molecule has 0 unspecified atom stereocenters. The van der Waals surface area contributed by atoms with E-state index in [0.717, 1.165) is 5.69 Å². The number of hydrogen-bond acceptors (Lipinski definition) is 5. The third kappa shape index (κ3) is 5.25. The Morgan fingerprint density at radius 3 is 2.60 bits per heavy atom. The lowest BCUT2D eigenvalue weighted by Crippen LogP contribution is -2.26. The predicted molar refractivity (Wildman–Crippen MR) is 97.1 cm³/mol. The van der Waals surface area contributed by atoms with Crippen molar-refractivity contribution in [2.45, 2.75) is 39.0 Å². The number of thiazole rings is 1. The third-order valence-electron chi connectivity index (χ3n) is 3.59. The smallest absolute Gasteiger partial charge is 0.233 e. The van der Waals surface area contributed by atoms with Gasteiger partial charge in [-0.25, -0.2) is 9.37 Å². The zero-order valence-electron chi connectivity index (χ0n) is 14.0. The average molecular weight is 364 g/mol. The molecule has 134 valence electrons. The Bertz CT molecular complexity index is 763. The number of anilines is 3. The van der Waals surface area contributed by atoms with Gasteiger partial charge in [-0.2, -0.15) is 0 Å². The molecule has 1 aromatic heterocycles. The van der Waals surface area contributed by atoms with Gasteiger partial charge >= 0.3 is 0 Å². The molecule has 0 radical (unpaired) electrons. The maximum atomic E-state index is 13.7. The van der Waals surface area contributed by atoms with Crippen LogP contribution < -0.4 is 16.4 Å². The average Bonchev–Trinajstić information content (AvgIpc) is 2.96. The van der Waals surface area contributed by atoms with Gasteiger partial charge in [0.2, 0.25) is 11.8 Å². The second-order valence-electron chi connectivity index (χ2n) is 5.73. The zero-order chi connectivity index (χ0) is 18.4. The minimum absolute atomic E-state index is 0.217. The number of nitrogen functional groups attached to an aromatic ring is 1. The van der Waals surface area contributed by atoms with E-state index in [1.165, 1.54) is 34.4 Å². The van der Waals surface area contributed by atoms with Gasteiger partial charge < -0.3 is 11.5 Å². The van der Waals surface area contributed by atoms with Crippen molar-refractivity contribution >= 4 is 39.7 Å². The Labute approximate surface area is 149 Å². The minimum atomic E-state index is -0.475. The van der Waals surface area contributed by atoms with Crippen molar-refractivity contribution in [1.82, 2.24) is 4.98 Å². The Kier molecular flexibility index (Phi) is 6.46. The second-order valence-corrected chi connectivity index (χ2v) is 6.57. The molecule has 1 heterocycles. The molecule has 0 aliphatic carbocycles. The maximum absolute atomic E-state index is 13.7. The molecule has 0 fully saturated rings. The molecule has 6 nitrogen and oxygen atoms in total. The van der Waals surface area contributed by atoms with Gasteiger partial charge in [0.25, 0.3) is 0 Å². The minimum Gasteiger partial charge on any atom is -0.397 e. The number of unbranched alkanes of at least 4 members (excludes halogenated alkanes) is 2. The van der Waals surface area contributed by atoms with Gasteiger partial charge in [0.1, 0.15) is 5.82 Å². The van der Waals surface area contributed by atoms with E-state index < -0.39 is 5.82 Å². The monoisotopic (exact) mass is 364 g/mol. The van der Waals surface area contributed by atoms with Crippen molar-refractivity contribution in [3.05, 3.63) is 35.1 Å². The lowest BCUT2D eigenvalue weighted by Gasteiger charge is -2.21. The first-order valence-corrected chi connectivity index (χ1v) is 8.85. The normalized spacial score (nSPS) is 10.6. The summed E-state index contributed by atoms with van der Waals surface area (Å²) in [6, 6.07) is 3.91. The Morgan fingerprint density at radius 2 is 1.96 bits per heavy atom. The summed E-state index contributed by atoms with van der Waals surface area (Å²) in [6.45, 7) is 1.82. The van der Waals surface area contributed by atoms with Gasteiger partial charge in [-0.1, -0.05) is 6.42 Å². The van der Waals surface area contributed by atoms with Crippen LogP contribution >= 0.6 is 11.3 Å². The largest absolute Gasteiger partial charge is 0.397 e. The summed E-state index contributed by atoms with van der Waals surface area (Å²) in [6.07, 6.45) is 2.50. The fraction of sp³-hybridized carbons (Fsp3) is 0.353. The van der Waals surface area contributed by atoms with E-state index in [9.17, 15) is 14.0 Å². The number of hydrogen-bond donors (Lipinski definition) is 2. The van der Waals surface area contributed by atoms with Crippen LogP contribution in [0.15, 0.2) is 23.6 Å². The lowest BCUT2D eigenvalue weighted by atomic mass is 10.1. The van der Waals surface area contributed by atoms with Crippen molar-refractivity contribution in [1.29, 1.82) is 0 Å². The lowest BCUT2D eigenvalue weighted by molar-refractivity contribution is -0.118. The molecule has 0 spiro atoms. The molecule has 2 rings (SSSR count). The van der Waals surface area contributed by atoms with E-state index in [1.807, 2.05) is 12.3 Å². The fourth-order valence-electron chi connectivity index (χ4n) is 2.36. The van der Waals surface area contributed by atoms with Crippen LogP contribution in [0.5, 0.6) is 0 Å². The quantitative estimate of drug-likeness (QED) is 0.554. The molecule has 0 aliphatic rings. The number of carbonyl (C=O) groups excluding carboxylic acids is 2. The van der Waals surface area contributed by atoms with E-state index >= 15 is 0 Å². The van der Waals surface area contributed by atoms with Crippen LogP contribution in [-0.2, 0) is 9.59 Å². The predicted octanol–water partition coefficient (Wildman–Crippen LogP) is 3.27. The van der Waals surface area contributed by atoms with Gasteiger partial charge in [0.15, 0.2) is 5.13 Å². The van der Waals surface area contributed by atoms with Crippen molar-refractivity contribution < 1.29 is 14.0 Å². The number of rotatable bonds is 8. The molecule has 4 N–H and O–H groups in total. The highest BCUT2D eigenvalue weighted by molar-refractivity contribution is 7.14. The summed E-state index contributed by atoms with van der Waals surface area (Å²) < 4.78 is 13.7.